The van der Waals surface area contributed by atoms with Crippen LogP contribution in [0.2, 0.25) is 0 Å². The van der Waals surface area contributed by atoms with Crippen LogP contribution in [0.25, 0.3) is 6.08 Å². The minimum Gasteiger partial charge on any atom is -0.476 e. The number of rotatable bonds is 3. The molecule has 0 saturated carbocycles. The van der Waals surface area contributed by atoms with Gasteiger partial charge in [-0.15, -0.1) is 0 Å². The van der Waals surface area contributed by atoms with Crippen LogP contribution in [-0.2, 0) is 4.79 Å². The minimum absolute atomic E-state index is 0.0990. The topological polar surface area (TPSA) is 93.3 Å². The number of primary amides is 1. The maximum atomic E-state index is 10.8. The van der Waals surface area contributed by atoms with Crippen LogP contribution in [0.3, 0.4) is 0 Å². The second-order valence-corrected chi connectivity index (χ2v) is 2.99. The summed E-state index contributed by atoms with van der Waals surface area (Å²) in [6, 6.07) is 1.62. The first kappa shape index (κ1) is 10.9. The summed E-state index contributed by atoms with van der Waals surface area (Å²) in [5.74, 6) is -1.77. The molecule has 1 heterocycles. The van der Waals surface area contributed by atoms with Crippen molar-refractivity contribution in [3.8, 4) is 0 Å². The molecule has 3 N–H and O–H groups in total. The number of carbonyl (C=O) groups is 2. The van der Waals surface area contributed by atoms with Crippen molar-refractivity contribution in [2.24, 2.45) is 5.73 Å². The SMILES string of the molecule is Cc1cnc(C(=O)O)c(C=CC(N)=O)c1. The Hall–Kier alpha value is -2.17. The standard InChI is InChI=1S/C10H10N2O3/c1-6-4-7(2-3-8(11)13)9(10(14)15)12-5-6/h2-5H,1H3,(H2,11,13)(H,14,15). The number of amides is 1. The Bertz CT molecular complexity index is 438. The smallest absolute Gasteiger partial charge is 0.355 e. The summed E-state index contributed by atoms with van der Waals surface area (Å²) in [4.78, 5) is 25.0. The number of hydrogen-bond acceptors (Lipinski definition) is 3. The zero-order valence-electron chi connectivity index (χ0n) is 8.10. The Morgan fingerprint density at radius 3 is 2.73 bits per heavy atom. The van der Waals surface area contributed by atoms with Gasteiger partial charge in [-0.1, -0.05) is 0 Å². The summed E-state index contributed by atoms with van der Waals surface area (Å²) in [5, 5.41) is 8.81. The fraction of sp³-hybridized carbons (Fsp3) is 0.100. The van der Waals surface area contributed by atoms with Gasteiger partial charge >= 0.3 is 5.97 Å². The molecule has 0 aromatic carbocycles. The highest BCUT2D eigenvalue weighted by Crippen LogP contribution is 2.10. The molecule has 5 heteroatoms. The van der Waals surface area contributed by atoms with E-state index in [1.165, 1.54) is 12.3 Å². The Morgan fingerprint density at radius 2 is 2.20 bits per heavy atom. The van der Waals surface area contributed by atoms with E-state index >= 15 is 0 Å². The minimum atomic E-state index is -1.14. The van der Waals surface area contributed by atoms with E-state index in [0.717, 1.165) is 11.6 Å². The highest BCUT2D eigenvalue weighted by atomic mass is 16.4. The van der Waals surface area contributed by atoms with E-state index < -0.39 is 11.9 Å². The van der Waals surface area contributed by atoms with Crippen molar-refractivity contribution in [3.63, 3.8) is 0 Å². The Morgan fingerprint density at radius 1 is 1.53 bits per heavy atom. The molecule has 0 saturated heterocycles. The van der Waals surface area contributed by atoms with Crippen molar-refractivity contribution in [1.29, 1.82) is 0 Å². The number of nitrogens with zero attached hydrogens (tertiary/aromatic N) is 1. The number of nitrogens with two attached hydrogens (primary N) is 1. The van der Waals surface area contributed by atoms with Crippen molar-refractivity contribution >= 4 is 18.0 Å². The van der Waals surface area contributed by atoms with Crippen LogP contribution >= 0.6 is 0 Å². The third-order valence-electron chi connectivity index (χ3n) is 1.68. The summed E-state index contributed by atoms with van der Waals surface area (Å²) in [6.45, 7) is 1.78. The van der Waals surface area contributed by atoms with Gasteiger partial charge in [0.15, 0.2) is 5.69 Å². The lowest BCUT2D eigenvalue weighted by Gasteiger charge is -2.00. The zero-order chi connectivity index (χ0) is 11.4. The average Bonchev–Trinajstić information content (AvgIpc) is 2.14. The lowest BCUT2D eigenvalue weighted by Crippen LogP contribution is -2.07. The zero-order valence-corrected chi connectivity index (χ0v) is 8.10. The van der Waals surface area contributed by atoms with E-state index in [0.29, 0.717) is 5.56 Å². The van der Waals surface area contributed by atoms with Gasteiger partial charge in [0.05, 0.1) is 0 Å². The van der Waals surface area contributed by atoms with Crippen LogP contribution in [0.5, 0.6) is 0 Å². The van der Waals surface area contributed by atoms with Gasteiger partial charge in [-0.3, -0.25) is 4.79 Å². The molecule has 78 valence electrons. The van der Waals surface area contributed by atoms with Crippen molar-refractivity contribution in [2.75, 3.05) is 0 Å². The maximum Gasteiger partial charge on any atom is 0.355 e. The molecule has 1 rings (SSSR count). The summed E-state index contributed by atoms with van der Waals surface area (Å²) in [6.07, 6.45) is 3.89. The highest BCUT2D eigenvalue weighted by Gasteiger charge is 2.09. The molecule has 1 aromatic heterocycles. The molecule has 1 amide bonds. The number of aromatic carboxylic acids is 1. The van der Waals surface area contributed by atoms with Gasteiger partial charge in [0.1, 0.15) is 0 Å². The number of aryl methyl sites for hydroxylation is 1. The van der Waals surface area contributed by atoms with Crippen molar-refractivity contribution in [3.05, 3.63) is 35.2 Å². The quantitative estimate of drug-likeness (QED) is 0.707. The third kappa shape index (κ3) is 2.91. The number of carbonyl (C=O) groups excluding carboxylic acids is 1. The van der Waals surface area contributed by atoms with Crippen molar-refractivity contribution in [2.45, 2.75) is 6.92 Å². The molecule has 0 spiro atoms. The summed E-state index contributed by atoms with van der Waals surface area (Å²) in [7, 11) is 0. The molecule has 15 heavy (non-hydrogen) atoms. The predicted molar refractivity (Wildman–Crippen MR) is 54.2 cm³/mol. The molecule has 5 nitrogen and oxygen atoms in total. The van der Waals surface area contributed by atoms with Gasteiger partial charge in [-0.25, -0.2) is 9.78 Å². The van der Waals surface area contributed by atoms with Crippen LogP contribution in [0.15, 0.2) is 18.3 Å². The molecular weight excluding hydrogens is 196 g/mol. The van der Waals surface area contributed by atoms with Crippen LogP contribution < -0.4 is 5.73 Å². The largest absolute Gasteiger partial charge is 0.476 e. The van der Waals surface area contributed by atoms with E-state index in [2.05, 4.69) is 4.98 Å². The molecule has 0 aliphatic heterocycles. The van der Waals surface area contributed by atoms with Crippen LogP contribution in [0, 0.1) is 6.92 Å². The van der Waals surface area contributed by atoms with Gasteiger partial charge in [0.2, 0.25) is 5.91 Å². The predicted octanol–water partition coefficient (Wildman–Crippen LogP) is 0.587. The number of aromatic nitrogens is 1. The van der Waals surface area contributed by atoms with Crippen LogP contribution in [0.1, 0.15) is 21.6 Å². The third-order valence-corrected chi connectivity index (χ3v) is 1.68. The van der Waals surface area contributed by atoms with E-state index in [-0.39, 0.29) is 5.69 Å². The Balaban J connectivity index is 3.18. The Labute approximate surface area is 86.2 Å². The summed E-state index contributed by atoms with van der Waals surface area (Å²) in [5.41, 5.74) is 5.98. The molecule has 0 fully saturated rings. The molecule has 0 bridgehead atoms. The van der Waals surface area contributed by atoms with E-state index in [9.17, 15) is 9.59 Å². The Kier molecular flexibility index (Phi) is 3.17. The van der Waals surface area contributed by atoms with Crippen molar-refractivity contribution in [1.82, 2.24) is 4.98 Å². The first-order valence-electron chi connectivity index (χ1n) is 4.18. The molecule has 0 radical (unpaired) electrons. The average molecular weight is 206 g/mol. The van der Waals surface area contributed by atoms with Crippen molar-refractivity contribution < 1.29 is 14.7 Å². The van der Waals surface area contributed by atoms with Crippen LogP contribution in [0.4, 0.5) is 0 Å². The van der Waals surface area contributed by atoms with E-state index in [1.807, 2.05) is 0 Å². The lowest BCUT2D eigenvalue weighted by molar-refractivity contribution is -0.113. The molecule has 0 unspecified atom stereocenters. The normalized spacial score (nSPS) is 10.5. The van der Waals surface area contributed by atoms with Gasteiger partial charge < -0.3 is 10.8 Å². The number of carboxylic acid groups (broad SMARTS) is 1. The fourth-order valence-electron chi connectivity index (χ4n) is 1.07. The molecule has 0 aliphatic carbocycles. The second-order valence-electron chi connectivity index (χ2n) is 2.99. The molecule has 1 aromatic rings. The second kappa shape index (κ2) is 4.36. The first-order chi connectivity index (χ1) is 7.00. The molecule has 0 aliphatic rings. The fourth-order valence-corrected chi connectivity index (χ4v) is 1.07. The van der Waals surface area contributed by atoms with Gasteiger partial charge in [0.25, 0.3) is 0 Å². The number of pyridine rings is 1. The van der Waals surface area contributed by atoms with E-state index in [1.54, 1.807) is 13.0 Å². The first-order valence-corrected chi connectivity index (χ1v) is 4.18. The highest BCUT2D eigenvalue weighted by molar-refractivity contribution is 5.94. The number of hydrogen-bond donors (Lipinski definition) is 2. The van der Waals surface area contributed by atoms with Crippen LogP contribution in [-0.4, -0.2) is 22.0 Å². The van der Waals surface area contributed by atoms with Gasteiger partial charge in [-0.05, 0) is 24.6 Å². The molecular formula is C10H10N2O3. The summed E-state index contributed by atoms with van der Waals surface area (Å²) >= 11 is 0. The van der Waals surface area contributed by atoms with E-state index in [4.69, 9.17) is 10.8 Å². The molecule has 0 atom stereocenters. The van der Waals surface area contributed by atoms with Gasteiger partial charge in [-0.2, -0.15) is 0 Å². The lowest BCUT2D eigenvalue weighted by atomic mass is 10.1. The number of carboxylic acids is 1. The van der Waals surface area contributed by atoms with Gasteiger partial charge in [0, 0.05) is 17.8 Å². The monoisotopic (exact) mass is 206 g/mol. The summed E-state index contributed by atoms with van der Waals surface area (Å²) < 4.78 is 0. The maximum absolute atomic E-state index is 10.8.